The number of nitrogens with zero attached hydrogens (tertiary/aromatic N) is 2. The number of hydrogen-bond donors (Lipinski definition) is 1. The fourth-order valence-corrected chi connectivity index (χ4v) is 2.70. The van der Waals surface area contributed by atoms with Crippen molar-refractivity contribution < 1.29 is 5.11 Å². The van der Waals surface area contributed by atoms with Crippen LogP contribution in [0, 0.1) is 11.3 Å². The van der Waals surface area contributed by atoms with Gasteiger partial charge in [0.05, 0.1) is 18.0 Å². The van der Waals surface area contributed by atoms with Crippen molar-refractivity contribution in [3.8, 4) is 0 Å². The minimum Gasteiger partial charge on any atom is -0.390 e. The van der Waals surface area contributed by atoms with Crippen molar-refractivity contribution in [2.75, 3.05) is 0 Å². The molecule has 2 rings (SSSR count). The molecule has 0 fully saturated rings. The number of aliphatic hydroxyl groups is 1. The van der Waals surface area contributed by atoms with Crippen molar-refractivity contribution in [3.05, 3.63) is 17.0 Å². The van der Waals surface area contributed by atoms with Crippen LogP contribution in [-0.2, 0) is 26.5 Å². The highest BCUT2D eigenvalue weighted by Gasteiger charge is 2.31. The van der Waals surface area contributed by atoms with Gasteiger partial charge in [-0.25, -0.2) is 0 Å². The van der Waals surface area contributed by atoms with Crippen LogP contribution >= 0.6 is 0 Å². The fourth-order valence-electron chi connectivity index (χ4n) is 2.70. The molecule has 0 amide bonds. The van der Waals surface area contributed by atoms with Gasteiger partial charge in [0.15, 0.2) is 0 Å². The quantitative estimate of drug-likeness (QED) is 0.790. The van der Waals surface area contributed by atoms with Crippen LogP contribution < -0.4 is 0 Å². The summed E-state index contributed by atoms with van der Waals surface area (Å²) in [7, 11) is 1.93. The van der Waals surface area contributed by atoms with E-state index in [1.54, 1.807) is 0 Å². The molecule has 16 heavy (non-hydrogen) atoms. The van der Waals surface area contributed by atoms with E-state index in [1.807, 2.05) is 11.7 Å². The van der Waals surface area contributed by atoms with Crippen LogP contribution in [0.15, 0.2) is 0 Å². The summed E-state index contributed by atoms with van der Waals surface area (Å²) in [6, 6.07) is 0. The molecule has 90 valence electrons. The standard InChI is InChI=1S/C13H22N2O/c1-13(2,3)9-5-6-11-10(7-9)12(8-16)15(4)14-11/h9,16H,5-8H2,1-4H3. The molecule has 1 aliphatic carbocycles. The van der Waals surface area contributed by atoms with Gasteiger partial charge in [-0.05, 0) is 36.2 Å². The molecule has 1 unspecified atom stereocenters. The van der Waals surface area contributed by atoms with E-state index in [-0.39, 0.29) is 6.61 Å². The van der Waals surface area contributed by atoms with Crippen molar-refractivity contribution in [1.29, 1.82) is 0 Å². The summed E-state index contributed by atoms with van der Waals surface area (Å²) in [6.07, 6.45) is 3.35. The molecule has 1 atom stereocenters. The highest BCUT2D eigenvalue weighted by atomic mass is 16.3. The Morgan fingerprint density at radius 2 is 2.12 bits per heavy atom. The van der Waals surface area contributed by atoms with Crippen LogP contribution in [0.1, 0.15) is 44.1 Å². The van der Waals surface area contributed by atoms with Crippen LogP contribution in [-0.4, -0.2) is 14.9 Å². The van der Waals surface area contributed by atoms with Gasteiger partial charge in [0, 0.05) is 7.05 Å². The highest BCUT2D eigenvalue weighted by molar-refractivity contribution is 5.29. The first kappa shape index (κ1) is 11.6. The van der Waals surface area contributed by atoms with Crippen LogP contribution in [0.2, 0.25) is 0 Å². The second-order valence-electron chi connectivity index (χ2n) is 5.96. The number of aliphatic hydroxyl groups excluding tert-OH is 1. The normalized spacial score (nSPS) is 20.9. The number of rotatable bonds is 1. The second kappa shape index (κ2) is 3.88. The Bertz CT molecular complexity index is 387. The lowest BCUT2D eigenvalue weighted by atomic mass is 9.71. The second-order valence-corrected chi connectivity index (χ2v) is 5.96. The molecule has 1 aliphatic rings. The monoisotopic (exact) mass is 222 g/mol. The van der Waals surface area contributed by atoms with Gasteiger partial charge in [0.1, 0.15) is 0 Å². The third-order valence-corrected chi connectivity index (χ3v) is 3.91. The fraction of sp³-hybridized carbons (Fsp3) is 0.769. The van der Waals surface area contributed by atoms with Gasteiger partial charge < -0.3 is 5.11 Å². The van der Waals surface area contributed by atoms with Gasteiger partial charge >= 0.3 is 0 Å². The molecule has 3 nitrogen and oxygen atoms in total. The zero-order valence-corrected chi connectivity index (χ0v) is 10.7. The Kier molecular flexibility index (Phi) is 2.82. The van der Waals surface area contributed by atoms with Crippen molar-refractivity contribution >= 4 is 0 Å². The predicted molar refractivity (Wildman–Crippen MR) is 64.1 cm³/mol. The Morgan fingerprint density at radius 1 is 1.44 bits per heavy atom. The average molecular weight is 222 g/mol. The molecule has 0 saturated carbocycles. The first-order chi connectivity index (χ1) is 7.43. The summed E-state index contributed by atoms with van der Waals surface area (Å²) >= 11 is 0. The van der Waals surface area contributed by atoms with Crippen molar-refractivity contribution in [2.45, 2.75) is 46.6 Å². The predicted octanol–water partition coefficient (Wildman–Crippen LogP) is 2.06. The number of aromatic nitrogens is 2. The third kappa shape index (κ3) is 1.88. The molecular weight excluding hydrogens is 200 g/mol. The molecule has 1 aromatic rings. The smallest absolute Gasteiger partial charge is 0.0852 e. The zero-order chi connectivity index (χ0) is 11.9. The molecule has 0 radical (unpaired) electrons. The van der Waals surface area contributed by atoms with Gasteiger partial charge in [0.2, 0.25) is 0 Å². The molecule has 0 aliphatic heterocycles. The molecule has 0 aromatic carbocycles. The lowest BCUT2D eigenvalue weighted by Gasteiger charge is -2.33. The zero-order valence-electron chi connectivity index (χ0n) is 10.7. The molecule has 1 heterocycles. The van der Waals surface area contributed by atoms with E-state index in [4.69, 9.17) is 0 Å². The molecule has 0 saturated heterocycles. The molecule has 0 spiro atoms. The van der Waals surface area contributed by atoms with Crippen LogP contribution in [0.5, 0.6) is 0 Å². The van der Waals surface area contributed by atoms with Gasteiger partial charge in [-0.2, -0.15) is 5.10 Å². The van der Waals surface area contributed by atoms with Crippen molar-refractivity contribution in [1.82, 2.24) is 9.78 Å². The molecule has 3 heteroatoms. The van der Waals surface area contributed by atoms with Crippen LogP contribution in [0.25, 0.3) is 0 Å². The Labute approximate surface area is 97.5 Å². The van der Waals surface area contributed by atoms with E-state index in [1.165, 1.54) is 17.7 Å². The molecule has 1 aromatic heterocycles. The number of fused-ring (bicyclic) bond motifs is 1. The summed E-state index contributed by atoms with van der Waals surface area (Å²) in [5, 5.41) is 13.9. The maximum absolute atomic E-state index is 9.39. The Hall–Kier alpha value is -0.830. The highest BCUT2D eigenvalue weighted by Crippen LogP contribution is 2.37. The van der Waals surface area contributed by atoms with Gasteiger partial charge in [0.25, 0.3) is 0 Å². The van der Waals surface area contributed by atoms with E-state index in [9.17, 15) is 5.11 Å². The Balaban J connectivity index is 2.32. The number of hydrogen-bond acceptors (Lipinski definition) is 2. The number of aryl methyl sites for hydroxylation is 2. The summed E-state index contributed by atoms with van der Waals surface area (Å²) in [5.41, 5.74) is 3.85. The minimum absolute atomic E-state index is 0.107. The average Bonchev–Trinajstić information content (AvgIpc) is 2.50. The SMILES string of the molecule is Cn1nc2c(c1CO)CC(C(C)(C)C)CC2. The molecule has 0 bridgehead atoms. The summed E-state index contributed by atoms with van der Waals surface area (Å²) in [4.78, 5) is 0. The molecule has 1 N–H and O–H groups in total. The largest absolute Gasteiger partial charge is 0.390 e. The maximum atomic E-state index is 9.39. The minimum atomic E-state index is 0.107. The van der Waals surface area contributed by atoms with E-state index < -0.39 is 0 Å². The van der Waals surface area contributed by atoms with Gasteiger partial charge in [-0.15, -0.1) is 0 Å². The van der Waals surface area contributed by atoms with Gasteiger partial charge in [-0.3, -0.25) is 4.68 Å². The van der Waals surface area contributed by atoms with E-state index in [0.717, 1.165) is 18.5 Å². The lowest BCUT2D eigenvalue weighted by molar-refractivity contribution is 0.213. The van der Waals surface area contributed by atoms with E-state index >= 15 is 0 Å². The lowest BCUT2D eigenvalue weighted by Crippen LogP contribution is -2.27. The third-order valence-electron chi connectivity index (χ3n) is 3.91. The summed E-state index contributed by atoms with van der Waals surface area (Å²) < 4.78 is 1.84. The first-order valence-corrected chi connectivity index (χ1v) is 6.08. The summed E-state index contributed by atoms with van der Waals surface area (Å²) in [6.45, 7) is 7.02. The van der Waals surface area contributed by atoms with Gasteiger partial charge in [-0.1, -0.05) is 20.8 Å². The van der Waals surface area contributed by atoms with Crippen molar-refractivity contribution in [3.63, 3.8) is 0 Å². The maximum Gasteiger partial charge on any atom is 0.0852 e. The summed E-state index contributed by atoms with van der Waals surface area (Å²) in [5.74, 6) is 0.703. The Morgan fingerprint density at radius 3 is 2.69 bits per heavy atom. The topological polar surface area (TPSA) is 38.0 Å². The van der Waals surface area contributed by atoms with E-state index in [0.29, 0.717) is 11.3 Å². The van der Waals surface area contributed by atoms with Crippen LogP contribution in [0.3, 0.4) is 0 Å². The van der Waals surface area contributed by atoms with Crippen LogP contribution in [0.4, 0.5) is 0 Å². The molecular formula is C13H22N2O. The van der Waals surface area contributed by atoms with Crippen molar-refractivity contribution in [2.24, 2.45) is 18.4 Å². The van der Waals surface area contributed by atoms with E-state index in [2.05, 4.69) is 25.9 Å². The first-order valence-electron chi connectivity index (χ1n) is 6.08.